The third-order valence-corrected chi connectivity index (χ3v) is 5.48. The second-order valence-corrected chi connectivity index (χ2v) is 6.92. The fourth-order valence-corrected chi connectivity index (χ4v) is 4.30. The summed E-state index contributed by atoms with van der Waals surface area (Å²) in [7, 11) is 0. The molecule has 0 aliphatic carbocycles. The van der Waals surface area contributed by atoms with Crippen LogP contribution < -0.4 is 16.0 Å². The van der Waals surface area contributed by atoms with Gasteiger partial charge in [0.2, 0.25) is 0 Å². The van der Waals surface area contributed by atoms with E-state index in [-0.39, 0.29) is 42.0 Å². The van der Waals surface area contributed by atoms with Crippen LogP contribution in [0.2, 0.25) is 0 Å². The number of piperidine rings is 1. The van der Waals surface area contributed by atoms with Crippen molar-refractivity contribution in [1.29, 1.82) is 0 Å². The maximum absolute atomic E-state index is 11.3. The van der Waals surface area contributed by atoms with Gasteiger partial charge in [0.15, 0.2) is 0 Å². The van der Waals surface area contributed by atoms with E-state index < -0.39 is 0 Å². The number of hydrogen-bond acceptors (Lipinski definition) is 4. The molecule has 2 spiro atoms. The number of rotatable bonds is 1. The van der Waals surface area contributed by atoms with E-state index in [1.165, 1.54) is 0 Å². The summed E-state index contributed by atoms with van der Waals surface area (Å²) < 4.78 is 6.14. The molecular formula is C14H26Cl2N4O2. The first-order valence-corrected chi connectivity index (χ1v) is 7.84. The molecule has 8 heteroatoms. The Kier molecular flexibility index (Phi) is 5.50. The van der Waals surface area contributed by atoms with Gasteiger partial charge in [0.05, 0.1) is 11.1 Å². The average molecular weight is 353 g/mol. The fourth-order valence-electron chi connectivity index (χ4n) is 4.30. The van der Waals surface area contributed by atoms with Crippen molar-refractivity contribution in [3.05, 3.63) is 0 Å². The quantitative estimate of drug-likeness (QED) is 0.642. The summed E-state index contributed by atoms with van der Waals surface area (Å²) in [6, 6.07) is 0.622. The van der Waals surface area contributed by atoms with Gasteiger partial charge in [0.1, 0.15) is 0 Å². The molecule has 1 atom stereocenters. The first-order valence-electron chi connectivity index (χ1n) is 7.84. The van der Waals surface area contributed by atoms with Crippen molar-refractivity contribution in [1.82, 2.24) is 20.9 Å². The highest BCUT2D eigenvalue weighted by molar-refractivity contribution is 5.85. The number of amides is 2. The molecule has 4 rings (SSSR count). The lowest BCUT2D eigenvalue weighted by Gasteiger charge is -2.54. The minimum atomic E-state index is -0.00791. The van der Waals surface area contributed by atoms with Crippen LogP contribution in [0.3, 0.4) is 0 Å². The first-order chi connectivity index (χ1) is 9.69. The number of ether oxygens (including phenoxy) is 1. The standard InChI is InChI=1S/C14H24N4O2.2ClH/c19-12-16-8-13(17-12)9-18(10-13)11-1-6-20-14(7-11)2-4-15-5-3-14;;/h11,15H,1-10H2,(H2,16,17,19);2*1H. The van der Waals surface area contributed by atoms with Gasteiger partial charge in [-0.15, -0.1) is 24.8 Å². The Morgan fingerprint density at radius 3 is 2.55 bits per heavy atom. The number of carbonyl (C=O) groups excluding carboxylic acids is 1. The molecule has 4 aliphatic heterocycles. The molecule has 2 amide bonds. The SMILES string of the molecule is Cl.Cl.O=C1NCC2(CN(C3CCOC4(CCNCC4)C3)C2)N1. The normalized spacial score (nSPS) is 32.4. The number of halogens is 2. The van der Waals surface area contributed by atoms with E-state index >= 15 is 0 Å². The lowest BCUT2D eigenvalue weighted by atomic mass is 9.79. The maximum atomic E-state index is 11.3. The van der Waals surface area contributed by atoms with Crippen molar-refractivity contribution in [3.63, 3.8) is 0 Å². The summed E-state index contributed by atoms with van der Waals surface area (Å²) in [6.45, 7) is 5.81. The molecule has 0 bridgehead atoms. The van der Waals surface area contributed by atoms with Crippen molar-refractivity contribution in [2.24, 2.45) is 0 Å². The van der Waals surface area contributed by atoms with Gasteiger partial charge in [0, 0.05) is 32.3 Å². The van der Waals surface area contributed by atoms with Crippen LogP contribution in [-0.4, -0.2) is 67.4 Å². The van der Waals surface area contributed by atoms with Crippen LogP contribution in [-0.2, 0) is 4.74 Å². The Morgan fingerprint density at radius 2 is 1.91 bits per heavy atom. The van der Waals surface area contributed by atoms with Gasteiger partial charge in [-0.25, -0.2) is 4.79 Å². The molecule has 4 heterocycles. The number of carbonyl (C=O) groups is 1. The summed E-state index contributed by atoms with van der Waals surface area (Å²) >= 11 is 0. The molecule has 3 N–H and O–H groups in total. The zero-order valence-corrected chi connectivity index (χ0v) is 14.4. The van der Waals surface area contributed by atoms with Crippen molar-refractivity contribution in [2.45, 2.75) is 42.9 Å². The highest BCUT2D eigenvalue weighted by atomic mass is 35.5. The largest absolute Gasteiger partial charge is 0.375 e. The van der Waals surface area contributed by atoms with Crippen LogP contribution in [0.5, 0.6) is 0 Å². The molecule has 0 aromatic carbocycles. The second-order valence-electron chi connectivity index (χ2n) is 6.92. The second kappa shape index (κ2) is 6.69. The van der Waals surface area contributed by atoms with Crippen molar-refractivity contribution in [3.8, 4) is 0 Å². The third-order valence-electron chi connectivity index (χ3n) is 5.48. The zero-order chi connectivity index (χ0) is 13.6. The minimum Gasteiger partial charge on any atom is -0.375 e. The van der Waals surface area contributed by atoms with E-state index in [2.05, 4.69) is 20.9 Å². The van der Waals surface area contributed by atoms with Gasteiger partial charge in [-0.1, -0.05) is 0 Å². The molecule has 4 saturated heterocycles. The van der Waals surface area contributed by atoms with Gasteiger partial charge in [-0.2, -0.15) is 0 Å². The molecule has 1 unspecified atom stereocenters. The highest BCUT2D eigenvalue weighted by Crippen LogP contribution is 2.38. The Labute approximate surface area is 143 Å². The Hall–Kier alpha value is -0.270. The van der Waals surface area contributed by atoms with Crippen molar-refractivity contribution < 1.29 is 9.53 Å². The minimum absolute atomic E-state index is 0. The van der Waals surface area contributed by atoms with Crippen LogP contribution in [0.15, 0.2) is 0 Å². The molecule has 0 aromatic rings. The Bertz CT molecular complexity index is 406. The van der Waals surface area contributed by atoms with Gasteiger partial charge in [-0.3, -0.25) is 4.90 Å². The van der Waals surface area contributed by atoms with E-state index in [1.807, 2.05) is 0 Å². The smallest absolute Gasteiger partial charge is 0.315 e. The topological polar surface area (TPSA) is 65.6 Å². The predicted molar refractivity (Wildman–Crippen MR) is 89.1 cm³/mol. The number of hydrogen-bond donors (Lipinski definition) is 3. The lowest BCUT2D eigenvalue weighted by molar-refractivity contribution is -0.134. The fraction of sp³-hybridized carbons (Fsp3) is 0.929. The molecule has 0 aromatic heterocycles. The monoisotopic (exact) mass is 352 g/mol. The molecule has 0 saturated carbocycles. The van der Waals surface area contributed by atoms with Gasteiger partial charge >= 0.3 is 6.03 Å². The van der Waals surface area contributed by atoms with Crippen LogP contribution in [0.25, 0.3) is 0 Å². The van der Waals surface area contributed by atoms with Crippen LogP contribution in [0.1, 0.15) is 25.7 Å². The van der Waals surface area contributed by atoms with E-state index in [4.69, 9.17) is 4.74 Å². The molecular weight excluding hydrogens is 327 g/mol. The van der Waals surface area contributed by atoms with Crippen LogP contribution >= 0.6 is 24.8 Å². The summed E-state index contributed by atoms with van der Waals surface area (Å²) in [6.07, 6.45) is 4.57. The van der Waals surface area contributed by atoms with E-state index in [0.29, 0.717) is 6.04 Å². The van der Waals surface area contributed by atoms with E-state index in [0.717, 1.165) is 65.0 Å². The Morgan fingerprint density at radius 1 is 1.18 bits per heavy atom. The van der Waals surface area contributed by atoms with Crippen molar-refractivity contribution in [2.75, 3.05) is 39.3 Å². The van der Waals surface area contributed by atoms with Gasteiger partial charge < -0.3 is 20.7 Å². The molecule has 128 valence electrons. The van der Waals surface area contributed by atoms with Crippen LogP contribution in [0, 0.1) is 0 Å². The average Bonchev–Trinajstić information content (AvgIpc) is 2.80. The zero-order valence-electron chi connectivity index (χ0n) is 12.7. The summed E-state index contributed by atoms with van der Waals surface area (Å²) in [5.74, 6) is 0. The number of nitrogens with one attached hydrogen (secondary N) is 3. The van der Waals surface area contributed by atoms with E-state index in [1.54, 1.807) is 0 Å². The molecule has 4 aliphatic rings. The maximum Gasteiger partial charge on any atom is 0.315 e. The first kappa shape index (κ1) is 18.1. The molecule has 0 radical (unpaired) electrons. The lowest BCUT2D eigenvalue weighted by Crippen LogP contribution is -2.72. The predicted octanol–water partition coefficient (Wildman–Crippen LogP) is 0.498. The summed E-state index contributed by atoms with van der Waals surface area (Å²) in [5.41, 5.74) is 0.130. The third kappa shape index (κ3) is 3.17. The number of likely N-dealkylation sites (tertiary alicyclic amines) is 1. The van der Waals surface area contributed by atoms with Gasteiger partial charge in [-0.05, 0) is 38.8 Å². The highest BCUT2D eigenvalue weighted by Gasteiger charge is 2.51. The summed E-state index contributed by atoms with van der Waals surface area (Å²) in [4.78, 5) is 13.9. The number of urea groups is 1. The molecule has 4 fully saturated rings. The van der Waals surface area contributed by atoms with E-state index in [9.17, 15) is 4.79 Å². The van der Waals surface area contributed by atoms with Crippen LogP contribution in [0.4, 0.5) is 4.79 Å². The molecule has 22 heavy (non-hydrogen) atoms. The van der Waals surface area contributed by atoms with Crippen molar-refractivity contribution >= 4 is 30.8 Å². The Balaban J connectivity index is 0.000000882. The summed E-state index contributed by atoms with van der Waals surface area (Å²) in [5, 5.41) is 9.38. The van der Waals surface area contributed by atoms with Gasteiger partial charge in [0.25, 0.3) is 0 Å². The molecule has 6 nitrogen and oxygen atoms in total. The number of nitrogens with zero attached hydrogens (tertiary/aromatic N) is 1.